The van der Waals surface area contributed by atoms with E-state index in [1.165, 1.54) is 6.92 Å². The van der Waals surface area contributed by atoms with Gasteiger partial charge in [-0.1, -0.05) is 0 Å². The maximum Gasteiger partial charge on any atom is 0.307 e. The van der Waals surface area contributed by atoms with E-state index in [1.807, 2.05) is 0 Å². The zero-order valence-electron chi connectivity index (χ0n) is 8.20. The molecule has 1 aromatic carbocycles. The van der Waals surface area contributed by atoms with Crippen molar-refractivity contribution in [2.75, 3.05) is 0 Å². The van der Waals surface area contributed by atoms with Crippen molar-refractivity contribution in [2.45, 2.75) is 18.2 Å². The summed E-state index contributed by atoms with van der Waals surface area (Å²) in [6.45, 7) is 1.38. The van der Waals surface area contributed by atoms with E-state index in [4.69, 9.17) is 15.8 Å². The van der Waals surface area contributed by atoms with Crippen LogP contribution in [0.5, 0.6) is 0 Å². The van der Waals surface area contributed by atoms with E-state index in [-0.39, 0.29) is 16.0 Å². The quantitative estimate of drug-likeness (QED) is 0.845. The molecule has 1 N–H and O–H groups in total. The summed E-state index contributed by atoms with van der Waals surface area (Å²) < 4.78 is 35.5. The average Bonchev–Trinajstić information content (AvgIpc) is 2.06. The normalized spacial score (nSPS) is 11.4. The van der Waals surface area contributed by atoms with Crippen molar-refractivity contribution in [1.82, 2.24) is 0 Å². The molecule has 0 bridgehead atoms. The first-order valence-electron chi connectivity index (χ1n) is 4.17. The Labute approximate surface area is 96.1 Å². The predicted octanol–water partition coefficient (Wildman–Crippen LogP) is 1.69. The average molecular weight is 267 g/mol. The Morgan fingerprint density at radius 1 is 1.50 bits per heavy atom. The van der Waals surface area contributed by atoms with Gasteiger partial charge in [0.25, 0.3) is 9.05 Å². The first-order chi connectivity index (χ1) is 7.21. The van der Waals surface area contributed by atoms with Crippen LogP contribution >= 0.6 is 10.7 Å². The van der Waals surface area contributed by atoms with Crippen molar-refractivity contribution in [3.8, 4) is 0 Å². The van der Waals surface area contributed by atoms with Gasteiger partial charge in [-0.3, -0.25) is 4.79 Å². The van der Waals surface area contributed by atoms with Gasteiger partial charge in [-0.15, -0.1) is 0 Å². The lowest BCUT2D eigenvalue weighted by Crippen LogP contribution is -2.05. The number of carboxylic acid groups (broad SMARTS) is 1. The molecule has 0 saturated carbocycles. The molecule has 0 radical (unpaired) electrons. The summed E-state index contributed by atoms with van der Waals surface area (Å²) in [5.41, 5.74) is -0.0704. The van der Waals surface area contributed by atoms with Crippen LogP contribution in [-0.2, 0) is 20.3 Å². The van der Waals surface area contributed by atoms with Crippen LogP contribution in [0.2, 0.25) is 0 Å². The lowest BCUT2D eigenvalue weighted by Gasteiger charge is -2.06. The molecule has 0 aromatic heterocycles. The van der Waals surface area contributed by atoms with Crippen LogP contribution in [0.25, 0.3) is 0 Å². The van der Waals surface area contributed by atoms with Gasteiger partial charge < -0.3 is 5.11 Å². The molecular formula is C9H8ClFO4S. The minimum Gasteiger partial charge on any atom is -0.481 e. The summed E-state index contributed by atoms with van der Waals surface area (Å²) in [5.74, 6) is -2.01. The number of aliphatic carboxylic acids is 1. The summed E-state index contributed by atoms with van der Waals surface area (Å²) in [4.78, 5) is 10.1. The molecule has 0 spiro atoms. The van der Waals surface area contributed by atoms with Gasteiger partial charge in [-0.05, 0) is 24.6 Å². The van der Waals surface area contributed by atoms with Crippen molar-refractivity contribution in [3.63, 3.8) is 0 Å². The molecule has 1 rings (SSSR count). The summed E-state index contributed by atoms with van der Waals surface area (Å²) in [5, 5.41) is 8.51. The maximum atomic E-state index is 13.3. The zero-order chi connectivity index (χ0) is 12.5. The molecule has 4 nitrogen and oxygen atoms in total. The van der Waals surface area contributed by atoms with Gasteiger partial charge in [0.2, 0.25) is 0 Å². The Kier molecular flexibility index (Phi) is 3.54. The molecular weight excluding hydrogens is 259 g/mol. The molecule has 1 aromatic rings. The topological polar surface area (TPSA) is 71.4 Å². The van der Waals surface area contributed by atoms with Crippen molar-refractivity contribution >= 4 is 25.7 Å². The van der Waals surface area contributed by atoms with Gasteiger partial charge in [-0.2, -0.15) is 0 Å². The van der Waals surface area contributed by atoms with E-state index >= 15 is 0 Å². The van der Waals surface area contributed by atoms with Crippen molar-refractivity contribution in [2.24, 2.45) is 0 Å². The van der Waals surface area contributed by atoms with E-state index in [9.17, 15) is 17.6 Å². The second-order valence-electron chi connectivity index (χ2n) is 3.22. The summed E-state index contributed by atoms with van der Waals surface area (Å²) >= 11 is 0. The van der Waals surface area contributed by atoms with Gasteiger partial charge in [0.1, 0.15) is 5.82 Å². The van der Waals surface area contributed by atoms with Crippen LogP contribution in [-0.4, -0.2) is 19.5 Å². The van der Waals surface area contributed by atoms with E-state index in [1.54, 1.807) is 0 Å². The van der Waals surface area contributed by atoms with Gasteiger partial charge in [0.05, 0.1) is 11.3 Å². The number of rotatable bonds is 3. The number of benzene rings is 1. The lowest BCUT2D eigenvalue weighted by molar-refractivity contribution is -0.136. The summed E-state index contributed by atoms with van der Waals surface area (Å²) in [6, 6.07) is 1.90. The summed E-state index contributed by atoms with van der Waals surface area (Å²) in [6.07, 6.45) is -0.592. The number of carboxylic acids is 1. The Hall–Kier alpha value is -1.14. The van der Waals surface area contributed by atoms with Crippen LogP contribution < -0.4 is 0 Å². The fourth-order valence-electron chi connectivity index (χ4n) is 1.26. The van der Waals surface area contributed by atoms with Crippen LogP contribution in [0, 0.1) is 12.7 Å². The van der Waals surface area contributed by atoms with Crippen LogP contribution in [0.3, 0.4) is 0 Å². The van der Waals surface area contributed by atoms with Gasteiger partial charge in [0, 0.05) is 16.2 Å². The number of aryl methyl sites for hydroxylation is 1. The third-order valence-electron chi connectivity index (χ3n) is 1.95. The Balaban J connectivity index is 3.38. The molecule has 88 valence electrons. The highest BCUT2D eigenvalue weighted by atomic mass is 35.7. The zero-order valence-corrected chi connectivity index (χ0v) is 9.77. The van der Waals surface area contributed by atoms with Crippen LogP contribution in [0.15, 0.2) is 17.0 Å². The number of carbonyl (C=O) groups is 1. The Morgan fingerprint density at radius 2 is 2.06 bits per heavy atom. The van der Waals surface area contributed by atoms with E-state index in [2.05, 4.69) is 0 Å². The molecule has 0 heterocycles. The molecule has 0 aliphatic rings. The molecule has 7 heteroatoms. The van der Waals surface area contributed by atoms with E-state index in [0.29, 0.717) is 0 Å². The fourth-order valence-corrected chi connectivity index (χ4v) is 2.48. The van der Waals surface area contributed by atoms with Crippen LogP contribution in [0.1, 0.15) is 11.1 Å². The lowest BCUT2D eigenvalue weighted by atomic mass is 10.1. The summed E-state index contributed by atoms with van der Waals surface area (Å²) in [7, 11) is 1.13. The largest absolute Gasteiger partial charge is 0.481 e. The Morgan fingerprint density at radius 3 is 2.50 bits per heavy atom. The second kappa shape index (κ2) is 4.39. The number of hydrogen-bond donors (Lipinski definition) is 1. The SMILES string of the molecule is Cc1cc(F)c(CC(=O)O)cc1S(=O)(=O)Cl. The number of halogens is 2. The van der Waals surface area contributed by atoms with Gasteiger partial charge in [-0.25, -0.2) is 12.8 Å². The van der Waals surface area contributed by atoms with Gasteiger partial charge in [0.15, 0.2) is 0 Å². The number of hydrogen-bond acceptors (Lipinski definition) is 3. The standard InChI is InChI=1S/C9H8ClFO4S/c1-5-2-7(11)6(4-9(12)13)3-8(5)16(10,14)15/h2-3H,4H2,1H3,(H,12,13). The molecule has 0 aliphatic carbocycles. The van der Waals surface area contributed by atoms with Crippen molar-refractivity contribution < 1.29 is 22.7 Å². The monoisotopic (exact) mass is 266 g/mol. The molecule has 0 unspecified atom stereocenters. The third-order valence-corrected chi connectivity index (χ3v) is 3.41. The molecule has 0 saturated heterocycles. The van der Waals surface area contributed by atoms with Crippen molar-refractivity contribution in [3.05, 3.63) is 29.1 Å². The molecule has 0 fully saturated rings. The smallest absolute Gasteiger partial charge is 0.307 e. The minimum atomic E-state index is -4.00. The first kappa shape index (κ1) is 12.9. The highest BCUT2D eigenvalue weighted by Crippen LogP contribution is 2.23. The van der Waals surface area contributed by atoms with E-state index < -0.39 is 27.3 Å². The fraction of sp³-hybridized carbons (Fsp3) is 0.222. The molecule has 0 atom stereocenters. The van der Waals surface area contributed by atoms with Gasteiger partial charge >= 0.3 is 5.97 Å². The van der Waals surface area contributed by atoms with E-state index in [0.717, 1.165) is 12.1 Å². The predicted molar refractivity (Wildman–Crippen MR) is 55.5 cm³/mol. The Bertz CT molecular complexity index is 539. The minimum absolute atomic E-state index is 0.140. The highest BCUT2D eigenvalue weighted by Gasteiger charge is 2.18. The van der Waals surface area contributed by atoms with Crippen LogP contribution in [0.4, 0.5) is 4.39 Å². The highest BCUT2D eigenvalue weighted by molar-refractivity contribution is 8.13. The molecule has 16 heavy (non-hydrogen) atoms. The molecule has 0 aliphatic heterocycles. The maximum absolute atomic E-state index is 13.3. The first-order valence-corrected chi connectivity index (χ1v) is 6.48. The second-order valence-corrected chi connectivity index (χ2v) is 5.75. The molecule has 0 amide bonds. The third kappa shape index (κ3) is 2.93. The van der Waals surface area contributed by atoms with Crippen molar-refractivity contribution in [1.29, 1.82) is 0 Å².